The van der Waals surface area contributed by atoms with Gasteiger partial charge in [-0.05, 0) is 54.4 Å². The van der Waals surface area contributed by atoms with Gasteiger partial charge in [0.15, 0.2) is 25.0 Å². The zero-order valence-electron chi connectivity index (χ0n) is 27.8. The standard InChI is InChI=1S/C28H55ClN2O6Si3/c1-26(2,3)38(11,12)34-17-18-20(36-39(13,14)27(4,5)6)22(37-40(15,16)28(7,8)9)21(35-18)19-23(29)31(10)25(33)30-24(19)32/h18,20-22H,17H2,1-16H3,(H,30,32,33)/t18-,20?,21+,22?/m1/s1. The fraction of sp³-hybridized carbons (Fsp3) is 0.857. The Bertz CT molecular complexity index is 1170. The van der Waals surface area contributed by atoms with Crippen LogP contribution in [0.25, 0.3) is 0 Å². The Morgan fingerprint density at radius 1 is 0.800 bits per heavy atom. The predicted octanol–water partition coefficient (Wildman–Crippen LogP) is 6.97. The molecule has 0 saturated carbocycles. The second-order valence-electron chi connectivity index (χ2n) is 15.9. The van der Waals surface area contributed by atoms with Crippen molar-refractivity contribution in [1.29, 1.82) is 0 Å². The molecule has 12 heteroatoms. The molecule has 1 aliphatic rings. The van der Waals surface area contributed by atoms with Crippen LogP contribution in [0.2, 0.25) is 59.5 Å². The van der Waals surface area contributed by atoms with E-state index in [1.54, 1.807) is 0 Å². The van der Waals surface area contributed by atoms with Gasteiger partial charge in [0, 0.05) is 7.05 Å². The van der Waals surface area contributed by atoms with E-state index in [4.69, 9.17) is 29.6 Å². The summed E-state index contributed by atoms with van der Waals surface area (Å²) in [5.74, 6) is 0. The highest BCUT2D eigenvalue weighted by Gasteiger charge is 2.55. The first-order valence-corrected chi connectivity index (χ1v) is 23.4. The van der Waals surface area contributed by atoms with Crippen molar-refractivity contribution in [2.24, 2.45) is 7.05 Å². The maximum Gasteiger partial charge on any atom is 0.329 e. The summed E-state index contributed by atoms with van der Waals surface area (Å²) in [6.07, 6.45) is -2.42. The van der Waals surface area contributed by atoms with Gasteiger partial charge in [0.25, 0.3) is 5.56 Å². The van der Waals surface area contributed by atoms with Gasteiger partial charge in [0.1, 0.15) is 29.6 Å². The Hall–Kier alpha value is -0.539. The SMILES string of the molecule is Cn1c(Cl)c([C@@H]2O[C@H](CO[Si](C)(C)C(C)(C)C)C(O[Si](C)(C)C(C)(C)C)C2O[Si](C)(C)C(C)(C)C)c(=O)[nH]c1=O. The average Bonchev–Trinajstić information content (AvgIpc) is 3.04. The lowest BCUT2D eigenvalue weighted by Crippen LogP contribution is -2.54. The van der Waals surface area contributed by atoms with Gasteiger partial charge in [-0.25, -0.2) is 4.79 Å². The van der Waals surface area contributed by atoms with E-state index < -0.39 is 60.6 Å². The molecule has 2 unspecified atom stereocenters. The lowest BCUT2D eigenvalue weighted by molar-refractivity contribution is -0.0179. The molecular weight excluding hydrogens is 580 g/mol. The highest BCUT2D eigenvalue weighted by Crippen LogP contribution is 2.47. The van der Waals surface area contributed by atoms with E-state index >= 15 is 0 Å². The molecule has 1 aliphatic heterocycles. The molecule has 0 spiro atoms. The molecule has 0 radical (unpaired) electrons. The molecule has 1 N–H and O–H groups in total. The van der Waals surface area contributed by atoms with Crippen LogP contribution < -0.4 is 11.2 Å². The number of hydrogen-bond acceptors (Lipinski definition) is 6. The average molecular weight is 635 g/mol. The number of rotatable bonds is 8. The van der Waals surface area contributed by atoms with Gasteiger partial charge in [0.2, 0.25) is 0 Å². The Balaban J connectivity index is 2.76. The van der Waals surface area contributed by atoms with E-state index in [-0.39, 0.29) is 25.8 Å². The molecule has 1 fully saturated rings. The van der Waals surface area contributed by atoms with Crippen LogP contribution in [0.15, 0.2) is 9.59 Å². The molecule has 232 valence electrons. The van der Waals surface area contributed by atoms with Gasteiger partial charge < -0.3 is 18.0 Å². The van der Waals surface area contributed by atoms with E-state index in [0.29, 0.717) is 6.61 Å². The highest BCUT2D eigenvalue weighted by molar-refractivity contribution is 6.75. The zero-order chi connectivity index (χ0) is 31.4. The molecule has 1 aromatic heterocycles. The minimum atomic E-state index is -2.39. The van der Waals surface area contributed by atoms with E-state index in [2.05, 4.69) is 107 Å². The van der Waals surface area contributed by atoms with Crippen LogP contribution in [-0.4, -0.2) is 59.4 Å². The Morgan fingerprint density at radius 3 is 1.65 bits per heavy atom. The number of hydrogen-bond donors (Lipinski definition) is 1. The maximum atomic E-state index is 13.3. The number of aromatic nitrogens is 2. The minimum Gasteiger partial charge on any atom is -0.414 e. The third-order valence-electron chi connectivity index (χ3n) is 9.77. The molecule has 4 atom stereocenters. The first-order chi connectivity index (χ1) is 17.6. The van der Waals surface area contributed by atoms with Crippen LogP contribution >= 0.6 is 11.6 Å². The maximum absolute atomic E-state index is 13.3. The lowest BCUT2D eigenvalue weighted by Gasteiger charge is -2.44. The molecule has 1 saturated heterocycles. The summed E-state index contributed by atoms with van der Waals surface area (Å²) in [5.41, 5.74) is -0.962. The monoisotopic (exact) mass is 634 g/mol. The summed E-state index contributed by atoms with van der Waals surface area (Å²) in [5, 5.41) is -0.118. The van der Waals surface area contributed by atoms with E-state index in [1.807, 2.05) is 0 Å². The van der Waals surface area contributed by atoms with Crippen LogP contribution in [-0.2, 0) is 25.1 Å². The molecule has 0 bridgehead atoms. The van der Waals surface area contributed by atoms with Crippen molar-refractivity contribution in [2.45, 2.75) is 141 Å². The number of aromatic amines is 1. The molecule has 0 amide bonds. The Kier molecular flexibility index (Phi) is 10.3. The molecule has 0 aliphatic carbocycles. The number of nitrogens with one attached hydrogen (secondary N) is 1. The number of H-pyrrole nitrogens is 1. The molecule has 40 heavy (non-hydrogen) atoms. The van der Waals surface area contributed by atoms with Gasteiger partial charge >= 0.3 is 5.69 Å². The first-order valence-electron chi connectivity index (χ1n) is 14.3. The fourth-order valence-electron chi connectivity index (χ4n) is 3.76. The van der Waals surface area contributed by atoms with Crippen LogP contribution in [0.5, 0.6) is 0 Å². The molecule has 8 nitrogen and oxygen atoms in total. The summed E-state index contributed by atoms with van der Waals surface area (Å²) >= 11 is 6.68. The van der Waals surface area contributed by atoms with Crippen molar-refractivity contribution in [3.63, 3.8) is 0 Å². The topological polar surface area (TPSA) is 91.8 Å². The van der Waals surface area contributed by atoms with E-state index in [9.17, 15) is 9.59 Å². The van der Waals surface area contributed by atoms with Gasteiger partial charge in [-0.3, -0.25) is 14.3 Å². The van der Waals surface area contributed by atoms with Crippen molar-refractivity contribution >= 4 is 36.6 Å². The minimum absolute atomic E-state index is 0.00992. The van der Waals surface area contributed by atoms with Crippen molar-refractivity contribution in [3.8, 4) is 0 Å². The zero-order valence-corrected chi connectivity index (χ0v) is 31.5. The van der Waals surface area contributed by atoms with Crippen LogP contribution in [0.1, 0.15) is 74.0 Å². The van der Waals surface area contributed by atoms with Gasteiger partial charge in [0.05, 0.1) is 12.2 Å². The van der Waals surface area contributed by atoms with E-state index in [1.165, 1.54) is 11.6 Å². The summed E-state index contributed by atoms with van der Waals surface area (Å²) in [6, 6.07) is 0. The van der Waals surface area contributed by atoms with Gasteiger partial charge in [-0.2, -0.15) is 0 Å². The fourth-order valence-corrected chi connectivity index (χ4v) is 7.66. The van der Waals surface area contributed by atoms with Crippen LogP contribution in [0.4, 0.5) is 0 Å². The summed E-state index contributed by atoms with van der Waals surface area (Å²) < 4.78 is 28.8. The Labute approximate surface area is 249 Å². The Morgan fingerprint density at radius 2 is 1.23 bits per heavy atom. The first kappa shape index (κ1) is 35.7. The van der Waals surface area contributed by atoms with Crippen LogP contribution in [0.3, 0.4) is 0 Å². The van der Waals surface area contributed by atoms with Gasteiger partial charge in [-0.1, -0.05) is 73.9 Å². The number of nitrogens with zero attached hydrogens (tertiary/aromatic N) is 1. The lowest BCUT2D eigenvalue weighted by atomic mass is 10.0. The smallest absolute Gasteiger partial charge is 0.329 e. The number of halogens is 1. The van der Waals surface area contributed by atoms with Crippen molar-refractivity contribution < 1.29 is 18.0 Å². The normalized spacial score (nSPS) is 23.6. The summed E-state index contributed by atoms with van der Waals surface area (Å²) in [7, 11) is -5.31. The third kappa shape index (κ3) is 7.32. The van der Waals surface area contributed by atoms with Crippen molar-refractivity contribution in [2.75, 3.05) is 6.61 Å². The molecule has 0 aromatic carbocycles. The highest BCUT2D eigenvalue weighted by atomic mass is 35.5. The quantitative estimate of drug-likeness (QED) is 0.245. The second kappa shape index (κ2) is 11.5. The summed E-state index contributed by atoms with van der Waals surface area (Å²) in [6.45, 7) is 33.3. The van der Waals surface area contributed by atoms with Crippen molar-refractivity contribution in [1.82, 2.24) is 9.55 Å². The molecule has 1 aromatic rings. The predicted molar refractivity (Wildman–Crippen MR) is 172 cm³/mol. The molecule has 2 rings (SSSR count). The van der Waals surface area contributed by atoms with E-state index in [0.717, 1.165) is 0 Å². The summed E-state index contributed by atoms with van der Waals surface area (Å²) in [4.78, 5) is 28.0. The van der Waals surface area contributed by atoms with Crippen molar-refractivity contribution in [3.05, 3.63) is 31.6 Å². The van der Waals surface area contributed by atoms with Gasteiger partial charge in [-0.15, -0.1) is 0 Å². The number of ether oxygens (including phenoxy) is 1. The molecule has 2 heterocycles. The largest absolute Gasteiger partial charge is 0.414 e. The van der Waals surface area contributed by atoms with Crippen LogP contribution in [0, 0.1) is 0 Å². The second-order valence-corrected chi connectivity index (χ2v) is 30.6. The third-order valence-corrected chi connectivity index (χ3v) is 23.7. The molecular formula is C28H55ClN2O6Si3.